The summed E-state index contributed by atoms with van der Waals surface area (Å²) in [4.78, 5) is 0. The van der Waals surface area contributed by atoms with Crippen molar-refractivity contribution in [1.82, 2.24) is 0 Å². The van der Waals surface area contributed by atoms with E-state index >= 15 is 0 Å². The van der Waals surface area contributed by atoms with Crippen molar-refractivity contribution in [3.63, 3.8) is 0 Å². The van der Waals surface area contributed by atoms with Crippen LogP contribution < -0.4 is 0 Å². The molecule has 0 aromatic heterocycles. The topological polar surface area (TPSA) is 0 Å². The van der Waals surface area contributed by atoms with E-state index in [0.29, 0.717) is 5.92 Å². The molecule has 47 heavy (non-hydrogen) atoms. The highest BCUT2D eigenvalue weighted by molar-refractivity contribution is 6.23. The maximum Gasteiger partial charge on any atom is 0.0159 e. The van der Waals surface area contributed by atoms with Gasteiger partial charge in [-0.2, -0.15) is 0 Å². The first-order valence-corrected chi connectivity index (χ1v) is 17.1. The fourth-order valence-electron chi connectivity index (χ4n) is 8.51. The van der Waals surface area contributed by atoms with Crippen LogP contribution in [0.3, 0.4) is 0 Å². The molecule has 0 saturated carbocycles. The molecule has 0 nitrogen and oxygen atoms in total. The van der Waals surface area contributed by atoms with Crippen LogP contribution in [0.4, 0.5) is 0 Å². The van der Waals surface area contributed by atoms with Crippen LogP contribution >= 0.6 is 0 Å². The molecule has 2 aliphatic carbocycles. The highest BCUT2D eigenvalue weighted by atomic mass is 14.4. The summed E-state index contributed by atoms with van der Waals surface area (Å²) in [7, 11) is 0. The SMILES string of the molecule is CC(C)(C)c1cc2ccc3ccc(C4C=CC(c5ccccc5-c5ccc6c(c5)C(C)(C)c5ccccc5-6)=CC4)c4ccc(c1)c2c34. The smallest absolute Gasteiger partial charge is 0.0159 e. The zero-order chi connectivity index (χ0) is 32.1. The van der Waals surface area contributed by atoms with Crippen molar-refractivity contribution in [2.24, 2.45) is 0 Å². The number of fused-ring (bicyclic) bond motifs is 3. The van der Waals surface area contributed by atoms with Gasteiger partial charge in [-0.25, -0.2) is 0 Å². The van der Waals surface area contributed by atoms with E-state index < -0.39 is 0 Å². The lowest BCUT2D eigenvalue weighted by Gasteiger charge is -2.24. The largest absolute Gasteiger partial charge is 0.0761 e. The van der Waals surface area contributed by atoms with Crippen molar-refractivity contribution < 1.29 is 0 Å². The van der Waals surface area contributed by atoms with Gasteiger partial charge in [0.1, 0.15) is 0 Å². The van der Waals surface area contributed by atoms with Crippen molar-refractivity contribution in [3.8, 4) is 22.3 Å². The van der Waals surface area contributed by atoms with E-state index in [-0.39, 0.29) is 10.8 Å². The van der Waals surface area contributed by atoms with Crippen molar-refractivity contribution in [2.75, 3.05) is 0 Å². The Morgan fingerprint density at radius 3 is 2.00 bits per heavy atom. The van der Waals surface area contributed by atoms with Gasteiger partial charge >= 0.3 is 0 Å². The zero-order valence-electron chi connectivity index (χ0n) is 28.0. The Kier molecular flexibility index (Phi) is 6.04. The summed E-state index contributed by atoms with van der Waals surface area (Å²) in [6.07, 6.45) is 8.27. The molecule has 0 saturated heterocycles. The average molecular weight is 605 g/mol. The minimum absolute atomic E-state index is 0.0102. The Morgan fingerprint density at radius 1 is 0.596 bits per heavy atom. The van der Waals surface area contributed by atoms with Gasteiger partial charge in [0.2, 0.25) is 0 Å². The van der Waals surface area contributed by atoms with E-state index in [2.05, 4.69) is 168 Å². The second-order valence-corrected chi connectivity index (χ2v) is 15.3. The minimum Gasteiger partial charge on any atom is -0.0761 e. The molecule has 0 heteroatoms. The van der Waals surface area contributed by atoms with Crippen LogP contribution in [0.1, 0.15) is 74.8 Å². The predicted molar refractivity (Wildman–Crippen MR) is 203 cm³/mol. The first-order chi connectivity index (χ1) is 22.7. The first-order valence-electron chi connectivity index (χ1n) is 17.1. The van der Waals surface area contributed by atoms with E-state index in [0.717, 1.165) is 6.42 Å². The second-order valence-electron chi connectivity index (χ2n) is 15.3. The van der Waals surface area contributed by atoms with Crippen molar-refractivity contribution in [2.45, 2.75) is 57.8 Å². The van der Waals surface area contributed by atoms with Gasteiger partial charge in [-0.3, -0.25) is 0 Å². The van der Waals surface area contributed by atoms with Crippen molar-refractivity contribution in [3.05, 3.63) is 161 Å². The standard InChI is InChI=1S/C47H40/c1-46(2,3)35-26-33-19-18-31-20-23-38(41-25-22-34(27-35)44(33)45(31)41)30-16-14-29(15-17-30)36-10-6-7-11-37(36)32-21-24-40-39-12-8-9-13-42(39)47(4,5)43(40)28-32/h6-16,18-28,30H,17H2,1-5H3. The fourth-order valence-corrected chi connectivity index (χ4v) is 8.51. The minimum atomic E-state index is -0.0102. The highest BCUT2D eigenvalue weighted by Gasteiger charge is 2.35. The lowest BCUT2D eigenvalue weighted by molar-refractivity contribution is 0.591. The molecule has 1 unspecified atom stereocenters. The molecule has 1 atom stereocenters. The summed E-state index contributed by atoms with van der Waals surface area (Å²) in [6, 6.07) is 43.8. The quantitative estimate of drug-likeness (QED) is 0.176. The Labute approximate surface area is 278 Å². The maximum atomic E-state index is 2.46. The average Bonchev–Trinajstić information content (AvgIpc) is 3.32. The number of hydrogen-bond acceptors (Lipinski definition) is 0. The summed E-state index contributed by atoms with van der Waals surface area (Å²) in [6.45, 7) is 11.6. The van der Waals surface area contributed by atoms with Gasteiger partial charge in [-0.15, -0.1) is 0 Å². The Balaban J connectivity index is 1.08. The number of allylic oxidation sites excluding steroid dienone is 4. The third kappa shape index (κ3) is 4.27. The molecule has 0 radical (unpaired) electrons. The Bertz CT molecular complexity index is 2420. The van der Waals surface area contributed by atoms with Crippen LogP contribution in [-0.4, -0.2) is 0 Å². The first kappa shape index (κ1) is 28.3. The third-order valence-electron chi connectivity index (χ3n) is 11.1. The van der Waals surface area contributed by atoms with Crippen LogP contribution in [0, 0.1) is 0 Å². The van der Waals surface area contributed by atoms with Crippen LogP contribution in [0.5, 0.6) is 0 Å². The van der Waals surface area contributed by atoms with Crippen LogP contribution in [0.25, 0.3) is 60.1 Å². The molecule has 7 aromatic carbocycles. The summed E-state index contributed by atoms with van der Waals surface area (Å²) in [5.74, 6) is 0.347. The molecule has 0 amide bonds. The van der Waals surface area contributed by atoms with Gasteiger partial charge in [0.05, 0.1) is 0 Å². The van der Waals surface area contributed by atoms with Crippen molar-refractivity contribution in [1.29, 1.82) is 0 Å². The molecule has 0 aliphatic heterocycles. The lowest BCUT2D eigenvalue weighted by Crippen LogP contribution is -2.14. The Morgan fingerprint density at radius 2 is 1.26 bits per heavy atom. The van der Waals surface area contributed by atoms with Crippen LogP contribution in [0.15, 0.2) is 133 Å². The van der Waals surface area contributed by atoms with E-state index in [1.165, 1.54) is 88.0 Å². The highest BCUT2D eigenvalue weighted by Crippen LogP contribution is 2.50. The van der Waals surface area contributed by atoms with Gasteiger partial charge in [0.15, 0.2) is 0 Å². The van der Waals surface area contributed by atoms with Gasteiger partial charge in [-0.05, 0) is 106 Å². The Hall–Kier alpha value is -4.94. The molecule has 228 valence electrons. The zero-order valence-corrected chi connectivity index (χ0v) is 28.0. The molecular weight excluding hydrogens is 565 g/mol. The molecule has 2 aliphatic rings. The second kappa shape index (κ2) is 10.0. The van der Waals surface area contributed by atoms with Crippen LogP contribution in [-0.2, 0) is 10.8 Å². The summed E-state index contributed by atoms with van der Waals surface area (Å²) >= 11 is 0. The van der Waals surface area contributed by atoms with Gasteiger partial charge < -0.3 is 0 Å². The van der Waals surface area contributed by atoms with E-state index in [4.69, 9.17) is 0 Å². The van der Waals surface area contributed by atoms with E-state index in [9.17, 15) is 0 Å². The molecular formula is C47H40. The molecule has 0 bridgehead atoms. The van der Waals surface area contributed by atoms with E-state index in [1.807, 2.05) is 0 Å². The number of rotatable bonds is 3. The summed E-state index contributed by atoms with van der Waals surface area (Å²) in [5.41, 5.74) is 13.7. The van der Waals surface area contributed by atoms with Crippen LogP contribution in [0.2, 0.25) is 0 Å². The third-order valence-corrected chi connectivity index (χ3v) is 11.1. The molecule has 0 spiro atoms. The number of benzene rings is 7. The van der Waals surface area contributed by atoms with Gasteiger partial charge in [0, 0.05) is 11.3 Å². The van der Waals surface area contributed by atoms with Crippen molar-refractivity contribution >= 4 is 37.9 Å². The monoisotopic (exact) mass is 604 g/mol. The molecule has 0 N–H and O–H groups in total. The maximum absolute atomic E-state index is 2.46. The fraction of sp³-hybridized carbons (Fsp3) is 0.191. The van der Waals surface area contributed by atoms with E-state index in [1.54, 1.807) is 0 Å². The summed E-state index contributed by atoms with van der Waals surface area (Å²) < 4.78 is 0. The summed E-state index contributed by atoms with van der Waals surface area (Å²) in [5, 5.41) is 8.22. The molecule has 0 fully saturated rings. The number of hydrogen-bond donors (Lipinski definition) is 0. The van der Waals surface area contributed by atoms with Gasteiger partial charge in [0.25, 0.3) is 0 Å². The molecule has 9 rings (SSSR count). The molecule has 7 aromatic rings. The molecule has 0 heterocycles. The predicted octanol–water partition coefficient (Wildman–Crippen LogP) is 13.0. The lowest BCUT2D eigenvalue weighted by atomic mass is 9.80. The van der Waals surface area contributed by atoms with Gasteiger partial charge in [-0.1, -0.05) is 162 Å². The normalized spacial score (nSPS) is 17.0.